The van der Waals surface area contributed by atoms with Crippen LogP contribution in [0.1, 0.15) is 71.3 Å². The molecule has 5 rings (SSSR count). The predicted octanol–water partition coefficient (Wildman–Crippen LogP) is 7.43. The second kappa shape index (κ2) is 8.62. The van der Waals surface area contributed by atoms with Gasteiger partial charge in [-0.05, 0) is 86.0 Å². The van der Waals surface area contributed by atoms with E-state index in [1.54, 1.807) is 19.2 Å². The number of hydrogen-bond donors (Lipinski definition) is 0. The number of hydrogen-bond acceptors (Lipinski definition) is 3. The monoisotopic (exact) mass is 505 g/mol. The first-order chi connectivity index (χ1) is 17.1. The van der Waals surface area contributed by atoms with Crippen molar-refractivity contribution in [1.82, 2.24) is 0 Å². The molecule has 1 fully saturated rings. The molecule has 0 heterocycles. The summed E-state index contributed by atoms with van der Waals surface area (Å²) >= 11 is 0. The third-order valence-corrected chi connectivity index (χ3v) is 12.8. The highest BCUT2D eigenvalue weighted by Gasteiger charge is 2.65. The summed E-state index contributed by atoms with van der Waals surface area (Å²) in [5.41, 5.74) is 3.17. The molecule has 4 aliphatic rings. The molecule has 4 nitrogen and oxygen atoms in total. The quantitative estimate of drug-likeness (QED) is 0.309. The van der Waals surface area contributed by atoms with Gasteiger partial charge in [0.05, 0.1) is 17.8 Å². The third-order valence-electron chi connectivity index (χ3n) is 10.4. The van der Waals surface area contributed by atoms with Gasteiger partial charge in [0.15, 0.2) is 0 Å². The van der Waals surface area contributed by atoms with Crippen LogP contribution in [0.5, 0.6) is 0 Å². The van der Waals surface area contributed by atoms with Gasteiger partial charge in [0.25, 0.3) is 9.84 Å². The van der Waals surface area contributed by atoms with Crippen LogP contribution in [0.2, 0.25) is 0 Å². The molecule has 1 aromatic rings. The summed E-state index contributed by atoms with van der Waals surface area (Å²) in [4.78, 5) is 2.70. The summed E-state index contributed by atoms with van der Waals surface area (Å²) in [6.07, 6.45) is 13.1. The van der Waals surface area contributed by atoms with Gasteiger partial charge in [0, 0.05) is 23.8 Å². The van der Waals surface area contributed by atoms with Crippen LogP contribution in [0.3, 0.4) is 0 Å². The zero-order chi connectivity index (χ0) is 25.9. The molecule has 4 aliphatic carbocycles. The predicted molar refractivity (Wildman–Crippen MR) is 144 cm³/mol. The van der Waals surface area contributed by atoms with Gasteiger partial charge in [-0.15, -0.1) is 0 Å². The van der Waals surface area contributed by atoms with Gasteiger partial charge in [-0.25, -0.2) is 15.0 Å². The number of methoxy groups -OCH3 is 1. The van der Waals surface area contributed by atoms with Crippen LogP contribution >= 0.6 is 0 Å². The molecule has 0 saturated heterocycles. The van der Waals surface area contributed by atoms with Crippen LogP contribution in [0.15, 0.2) is 64.3 Å². The van der Waals surface area contributed by atoms with E-state index in [4.69, 9.17) is 11.3 Å². The highest BCUT2D eigenvalue weighted by molar-refractivity contribution is 7.93. The molecule has 1 saturated carbocycles. The lowest BCUT2D eigenvalue weighted by molar-refractivity contribution is -0.0134. The van der Waals surface area contributed by atoms with E-state index in [9.17, 15) is 8.42 Å². The second-order valence-corrected chi connectivity index (χ2v) is 14.0. The molecule has 0 aromatic heterocycles. The maximum Gasteiger partial charge on any atom is 0.354 e. The van der Waals surface area contributed by atoms with Crippen LogP contribution in [0.25, 0.3) is 4.85 Å². The maximum atomic E-state index is 14.1. The molecule has 6 atom stereocenters. The highest BCUT2D eigenvalue weighted by Crippen LogP contribution is 2.67. The van der Waals surface area contributed by atoms with E-state index in [2.05, 4.69) is 36.9 Å². The number of nitrogens with zero attached hydrogens (tertiary/aromatic N) is 1. The molecule has 5 heteroatoms. The summed E-state index contributed by atoms with van der Waals surface area (Å²) in [5.74, 6) is 2.53. The Hall–Kier alpha value is -2.32. The van der Waals surface area contributed by atoms with Crippen molar-refractivity contribution < 1.29 is 13.2 Å². The summed E-state index contributed by atoms with van der Waals surface area (Å²) in [6, 6.07) is 7.00. The summed E-state index contributed by atoms with van der Waals surface area (Å²) in [6.45, 7) is 16.8. The van der Waals surface area contributed by atoms with Crippen molar-refractivity contribution in [3.8, 4) is 0 Å². The minimum Gasteiger partial charge on any atom is -0.501 e. The Labute approximate surface area is 217 Å². The van der Waals surface area contributed by atoms with E-state index >= 15 is 0 Å². The Balaban J connectivity index is 1.53. The Kier molecular flexibility index (Phi) is 6.07. The van der Waals surface area contributed by atoms with Gasteiger partial charge in [0.2, 0.25) is 0 Å². The van der Waals surface area contributed by atoms with Gasteiger partial charge in [-0.2, -0.15) is 0 Å². The number of fused-ring (bicyclic) bond motifs is 5. The van der Waals surface area contributed by atoms with Crippen molar-refractivity contribution in [3.05, 3.63) is 76.4 Å². The van der Waals surface area contributed by atoms with E-state index < -0.39 is 14.7 Å². The van der Waals surface area contributed by atoms with Crippen LogP contribution in [-0.4, -0.2) is 20.4 Å². The normalized spacial score (nSPS) is 35.1. The van der Waals surface area contributed by atoms with Crippen molar-refractivity contribution in [2.75, 3.05) is 7.11 Å². The first-order valence-corrected chi connectivity index (χ1v) is 14.9. The minimum absolute atomic E-state index is 0.143. The Bertz CT molecular complexity index is 1300. The van der Waals surface area contributed by atoms with Crippen LogP contribution < -0.4 is 0 Å². The van der Waals surface area contributed by atoms with Crippen molar-refractivity contribution in [1.29, 1.82) is 0 Å². The molecule has 0 bridgehead atoms. The second-order valence-electron chi connectivity index (χ2n) is 11.9. The van der Waals surface area contributed by atoms with Gasteiger partial charge in [-0.1, -0.05) is 50.6 Å². The number of benzene rings is 1. The van der Waals surface area contributed by atoms with Crippen molar-refractivity contribution in [2.45, 2.75) is 82.4 Å². The maximum absolute atomic E-state index is 14.1. The molecule has 36 heavy (non-hydrogen) atoms. The summed E-state index contributed by atoms with van der Waals surface area (Å²) in [5, 5.41) is 0. The molecule has 0 amide bonds. The SMILES string of the molecule is [C-]#[N+]C(CC)(C1=CC[C@H]2[C@@H]3CC=C4C=C(OC)CC[C@]4(C)[C@H]3CC[C@]12C)S(=O)(=O)c1ccc(C)cc1. The van der Waals surface area contributed by atoms with Crippen molar-refractivity contribution >= 4 is 9.84 Å². The largest absolute Gasteiger partial charge is 0.501 e. The minimum atomic E-state index is -3.88. The number of aryl methyl sites for hydroxylation is 1. The van der Waals surface area contributed by atoms with Crippen LogP contribution in [0.4, 0.5) is 0 Å². The molecular weight excluding hydrogens is 466 g/mol. The lowest BCUT2D eigenvalue weighted by Gasteiger charge is -2.57. The Morgan fingerprint density at radius 2 is 1.81 bits per heavy atom. The molecule has 0 radical (unpaired) electrons. The van der Waals surface area contributed by atoms with Crippen LogP contribution in [0, 0.1) is 42.1 Å². The fraction of sp³-hybridized carbons (Fsp3) is 0.581. The van der Waals surface area contributed by atoms with Gasteiger partial charge < -0.3 is 4.74 Å². The number of ether oxygens (including phenoxy) is 1. The molecular formula is C31H39NO3S. The number of allylic oxidation sites excluding steroid dienone is 5. The number of sulfone groups is 1. The Morgan fingerprint density at radius 3 is 2.44 bits per heavy atom. The molecule has 192 valence electrons. The zero-order valence-electron chi connectivity index (χ0n) is 22.3. The lowest BCUT2D eigenvalue weighted by atomic mass is 9.48. The van der Waals surface area contributed by atoms with E-state index in [1.165, 1.54) is 5.57 Å². The molecule has 0 N–H and O–H groups in total. The zero-order valence-corrected chi connectivity index (χ0v) is 23.1. The molecule has 0 aliphatic heterocycles. The van der Waals surface area contributed by atoms with E-state index in [0.29, 0.717) is 17.8 Å². The van der Waals surface area contributed by atoms with E-state index in [1.807, 2.05) is 26.0 Å². The van der Waals surface area contributed by atoms with Crippen LogP contribution in [-0.2, 0) is 14.6 Å². The lowest BCUT2D eigenvalue weighted by Crippen LogP contribution is -2.51. The first-order valence-electron chi connectivity index (χ1n) is 13.4. The fourth-order valence-corrected chi connectivity index (χ4v) is 10.3. The van der Waals surface area contributed by atoms with E-state index in [-0.39, 0.29) is 22.1 Å². The molecule has 1 unspecified atom stereocenters. The average molecular weight is 506 g/mol. The van der Waals surface area contributed by atoms with Gasteiger partial charge >= 0.3 is 4.87 Å². The smallest absolute Gasteiger partial charge is 0.354 e. The van der Waals surface area contributed by atoms with Crippen molar-refractivity contribution in [2.24, 2.45) is 28.6 Å². The highest BCUT2D eigenvalue weighted by atomic mass is 32.2. The molecule has 1 aromatic carbocycles. The number of rotatable bonds is 5. The van der Waals surface area contributed by atoms with Gasteiger partial charge in [0.1, 0.15) is 0 Å². The fourth-order valence-electron chi connectivity index (χ4n) is 8.27. The summed E-state index contributed by atoms with van der Waals surface area (Å²) in [7, 11) is -2.11. The van der Waals surface area contributed by atoms with Gasteiger partial charge in [-0.3, -0.25) is 4.85 Å². The average Bonchev–Trinajstić information content (AvgIpc) is 3.22. The first kappa shape index (κ1) is 25.3. The Morgan fingerprint density at radius 1 is 1.08 bits per heavy atom. The summed E-state index contributed by atoms with van der Waals surface area (Å²) < 4.78 is 33.8. The van der Waals surface area contributed by atoms with Crippen molar-refractivity contribution in [3.63, 3.8) is 0 Å². The third kappa shape index (κ3) is 3.33. The van der Waals surface area contributed by atoms with E-state index in [0.717, 1.165) is 55.4 Å². The standard InChI is InChI=1S/C31H39NO3S/c1-7-31(32-5,36(33,34)24-11-8-21(2)9-12-24)28-15-14-26-25-13-10-22-20-23(35-6)16-18-29(22,3)27(25)17-19-30(26,28)4/h8-12,15,20,25-27H,7,13-14,16-19H2,1-4,6H3/t25-,26-,27-,29-,30-,31?/m0/s1. The topological polar surface area (TPSA) is 47.7 Å². The molecule has 0 spiro atoms.